The van der Waals surface area contributed by atoms with Crippen molar-refractivity contribution in [1.82, 2.24) is 4.90 Å². The second kappa shape index (κ2) is 5.74. The summed E-state index contributed by atoms with van der Waals surface area (Å²) in [6.45, 7) is 7.41. The minimum atomic E-state index is -0.561. The Bertz CT molecular complexity index is 543. The van der Waals surface area contributed by atoms with Crippen molar-refractivity contribution in [3.8, 4) is 11.5 Å². The van der Waals surface area contributed by atoms with Crippen LogP contribution in [-0.4, -0.2) is 41.3 Å². The zero-order valence-corrected chi connectivity index (χ0v) is 14.0. The van der Waals surface area contributed by atoms with E-state index >= 15 is 0 Å². The Morgan fingerprint density at radius 3 is 2.77 bits per heavy atom. The number of likely N-dealkylation sites (tertiary alicyclic amines) is 1. The van der Waals surface area contributed by atoms with Gasteiger partial charge in [0.05, 0.1) is 13.2 Å². The molecule has 3 rings (SSSR count). The second-order valence-electron chi connectivity index (χ2n) is 7.06. The first kappa shape index (κ1) is 15.6. The number of ether oxygens (including phenoxy) is 2. The third-order valence-electron chi connectivity index (χ3n) is 5.14. The maximum absolute atomic E-state index is 11.1. The van der Waals surface area contributed by atoms with Crippen molar-refractivity contribution < 1.29 is 14.6 Å². The molecule has 1 fully saturated rings. The molecule has 4 heteroatoms. The van der Waals surface area contributed by atoms with Crippen LogP contribution in [0.25, 0.3) is 0 Å². The van der Waals surface area contributed by atoms with Crippen molar-refractivity contribution >= 4 is 0 Å². The zero-order valence-electron chi connectivity index (χ0n) is 14.0. The highest BCUT2D eigenvalue weighted by Gasteiger charge is 2.48. The Morgan fingerprint density at radius 1 is 1.32 bits per heavy atom. The Kier molecular flexibility index (Phi) is 4.08. The Morgan fingerprint density at radius 2 is 2.09 bits per heavy atom. The van der Waals surface area contributed by atoms with Crippen molar-refractivity contribution in [2.75, 3.05) is 13.7 Å². The summed E-state index contributed by atoms with van der Waals surface area (Å²) in [7, 11) is 1.64. The molecule has 0 aromatic heterocycles. The molecule has 0 saturated carbocycles. The summed E-state index contributed by atoms with van der Waals surface area (Å²) < 4.78 is 11.7. The van der Waals surface area contributed by atoms with Gasteiger partial charge in [0.2, 0.25) is 0 Å². The van der Waals surface area contributed by atoms with E-state index in [4.69, 9.17) is 9.47 Å². The topological polar surface area (TPSA) is 41.9 Å². The van der Waals surface area contributed by atoms with Crippen LogP contribution >= 0.6 is 0 Å². The van der Waals surface area contributed by atoms with Crippen LogP contribution in [0.4, 0.5) is 0 Å². The van der Waals surface area contributed by atoms with E-state index in [1.54, 1.807) is 7.11 Å². The highest BCUT2D eigenvalue weighted by molar-refractivity contribution is 5.50. The van der Waals surface area contributed by atoms with Crippen LogP contribution in [0.3, 0.4) is 0 Å². The number of aliphatic hydroxyl groups excluding tert-OH is 1. The summed E-state index contributed by atoms with van der Waals surface area (Å²) in [6.07, 6.45) is 3.08. The molecule has 3 unspecified atom stereocenters. The van der Waals surface area contributed by atoms with Crippen LogP contribution in [0.15, 0.2) is 18.2 Å². The van der Waals surface area contributed by atoms with Crippen LogP contribution in [0.2, 0.25) is 0 Å². The average molecular weight is 305 g/mol. The summed E-state index contributed by atoms with van der Waals surface area (Å²) in [5.74, 6) is 1.37. The van der Waals surface area contributed by atoms with Crippen molar-refractivity contribution in [2.45, 2.75) is 63.8 Å². The number of hydrogen-bond acceptors (Lipinski definition) is 4. The van der Waals surface area contributed by atoms with E-state index in [9.17, 15) is 5.11 Å². The van der Waals surface area contributed by atoms with Crippen LogP contribution < -0.4 is 9.47 Å². The molecule has 0 bridgehead atoms. The van der Waals surface area contributed by atoms with Gasteiger partial charge < -0.3 is 14.6 Å². The predicted molar refractivity (Wildman–Crippen MR) is 86.5 cm³/mol. The monoisotopic (exact) mass is 305 g/mol. The first-order valence-corrected chi connectivity index (χ1v) is 8.25. The molecular formula is C18H27NO3. The lowest BCUT2D eigenvalue weighted by atomic mass is 9.82. The van der Waals surface area contributed by atoms with Crippen LogP contribution in [-0.2, 0) is 0 Å². The maximum atomic E-state index is 11.1. The van der Waals surface area contributed by atoms with Gasteiger partial charge in [-0.25, -0.2) is 0 Å². The summed E-state index contributed by atoms with van der Waals surface area (Å²) in [4.78, 5) is 2.43. The van der Waals surface area contributed by atoms with E-state index in [1.807, 2.05) is 18.2 Å². The average Bonchev–Trinajstić information content (AvgIpc) is 2.48. The molecule has 22 heavy (non-hydrogen) atoms. The first-order chi connectivity index (χ1) is 10.5. The van der Waals surface area contributed by atoms with Crippen molar-refractivity contribution in [3.05, 3.63) is 23.8 Å². The fourth-order valence-electron chi connectivity index (χ4n) is 4.02. The summed E-state index contributed by atoms with van der Waals surface area (Å²) in [6, 6.07) is 6.18. The van der Waals surface area contributed by atoms with Crippen molar-refractivity contribution in [3.63, 3.8) is 0 Å². The number of piperidine rings is 1. The Balaban J connectivity index is 2.01. The summed E-state index contributed by atoms with van der Waals surface area (Å²) >= 11 is 0. The van der Waals surface area contributed by atoms with Crippen molar-refractivity contribution in [1.29, 1.82) is 0 Å². The molecule has 0 spiro atoms. The molecule has 3 atom stereocenters. The van der Waals surface area contributed by atoms with Gasteiger partial charge in [-0.2, -0.15) is 0 Å². The largest absolute Gasteiger partial charge is 0.493 e. The van der Waals surface area contributed by atoms with Gasteiger partial charge >= 0.3 is 0 Å². The predicted octanol–water partition coefficient (Wildman–Crippen LogP) is 3.14. The number of fused-ring (bicyclic) bond motifs is 1. The van der Waals surface area contributed by atoms with Crippen LogP contribution in [0.5, 0.6) is 11.5 Å². The number of aliphatic hydroxyl groups is 1. The lowest BCUT2D eigenvalue weighted by Crippen LogP contribution is -2.61. The number of hydrogen-bond donors (Lipinski definition) is 1. The number of para-hydroxylation sites is 1. The maximum Gasteiger partial charge on any atom is 0.167 e. The van der Waals surface area contributed by atoms with Gasteiger partial charge in [-0.1, -0.05) is 18.6 Å². The van der Waals surface area contributed by atoms with E-state index in [-0.39, 0.29) is 6.04 Å². The van der Waals surface area contributed by atoms with Gasteiger partial charge in [-0.15, -0.1) is 0 Å². The van der Waals surface area contributed by atoms with E-state index in [0.29, 0.717) is 17.5 Å². The number of rotatable bonds is 2. The SMILES string of the molecule is COc1cccc2c1OC(C)(C)C(N1CCCCC1C)C2O. The molecule has 0 amide bonds. The fraction of sp³-hybridized carbons (Fsp3) is 0.667. The number of methoxy groups -OCH3 is 1. The number of benzene rings is 1. The standard InChI is InChI=1S/C18H27NO3/c1-12-8-5-6-11-19(12)17-15(20)13-9-7-10-14(21-4)16(13)22-18(17,2)3/h7,9-10,12,15,17,20H,5-6,8,11H2,1-4H3. The summed E-state index contributed by atoms with van der Waals surface area (Å²) in [5.41, 5.74) is 0.369. The van der Waals surface area contributed by atoms with Crippen LogP contribution in [0.1, 0.15) is 51.7 Å². The van der Waals surface area contributed by atoms with E-state index in [0.717, 1.165) is 12.1 Å². The minimum Gasteiger partial charge on any atom is -0.493 e. The lowest BCUT2D eigenvalue weighted by Gasteiger charge is -2.51. The lowest BCUT2D eigenvalue weighted by molar-refractivity contribution is -0.101. The van der Waals surface area contributed by atoms with Gasteiger partial charge in [-0.05, 0) is 46.2 Å². The molecule has 1 aromatic rings. The third-order valence-corrected chi connectivity index (χ3v) is 5.14. The van der Waals surface area contributed by atoms with Gasteiger partial charge in [0.15, 0.2) is 11.5 Å². The first-order valence-electron chi connectivity index (χ1n) is 8.25. The van der Waals surface area contributed by atoms with Gasteiger partial charge in [0, 0.05) is 11.6 Å². The molecule has 2 heterocycles. The Hall–Kier alpha value is -1.26. The normalized spacial score (nSPS) is 31.2. The van der Waals surface area contributed by atoms with E-state index in [1.165, 1.54) is 19.3 Å². The molecule has 2 aliphatic rings. The molecular weight excluding hydrogens is 278 g/mol. The van der Waals surface area contributed by atoms with Crippen LogP contribution in [0, 0.1) is 0 Å². The quantitative estimate of drug-likeness (QED) is 0.911. The molecule has 1 N–H and O–H groups in total. The highest BCUT2D eigenvalue weighted by atomic mass is 16.5. The molecule has 0 aliphatic carbocycles. The smallest absolute Gasteiger partial charge is 0.167 e. The second-order valence-corrected chi connectivity index (χ2v) is 7.06. The molecule has 0 radical (unpaired) electrons. The molecule has 4 nitrogen and oxygen atoms in total. The zero-order chi connectivity index (χ0) is 15.9. The van der Waals surface area contributed by atoms with E-state index in [2.05, 4.69) is 25.7 Å². The third kappa shape index (κ3) is 2.48. The van der Waals surface area contributed by atoms with Gasteiger partial charge in [-0.3, -0.25) is 4.90 Å². The molecule has 122 valence electrons. The summed E-state index contributed by atoms with van der Waals surface area (Å²) in [5, 5.41) is 11.1. The highest BCUT2D eigenvalue weighted by Crippen LogP contribution is 2.47. The fourth-order valence-corrected chi connectivity index (χ4v) is 4.02. The molecule has 1 saturated heterocycles. The minimum absolute atomic E-state index is 0.0394. The van der Waals surface area contributed by atoms with E-state index < -0.39 is 11.7 Å². The number of nitrogens with zero attached hydrogens (tertiary/aromatic N) is 1. The Labute approximate surface area is 133 Å². The van der Waals surface area contributed by atoms with Gasteiger partial charge in [0.25, 0.3) is 0 Å². The molecule has 2 aliphatic heterocycles. The van der Waals surface area contributed by atoms with Crippen molar-refractivity contribution in [2.24, 2.45) is 0 Å². The van der Waals surface area contributed by atoms with Gasteiger partial charge in [0.1, 0.15) is 11.7 Å². The molecule has 1 aromatic carbocycles.